The van der Waals surface area contributed by atoms with Gasteiger partial charge in [0.2, 0.25) is 11.7 Å². The van der Waals surface area contributed by atoms with Crippen LogP contribution < -0.4 is 25.3 Å². The van der Waals surface area contributed by atoms with Crippen molar-refractivity contribution >= 4 is 17.4 Å². The second-order valence-corrected chi connectivity index (χ2v) is 4.30. The van der Waals surface area contributed by atoms with Gasteiger partial charge in [0, 0.05) is 5.56 Å². The van der Waals surface area contributed by atoms with Gasteiger partial charge in [0.25, 0.3) is 0 Å². The van der Waals surface area contributed by atoms with Crippen molar-refractivity contribution in [2.75, 3.05) is 33.1 Å². The molecule has 0 radical (unpaired) electrons. The summed E-state index contributed by atoms with van der Waals surface area (Å²) < 4.78 is 16.0. The van der Waals surface area contributed by atoms with E-state index in [0.717, 1.165) is 0 Å². The van der Waals surface area contributed by atoms with Crippen LogP contribution in [0.5, 0.6) is 17.2 Å². The fourth-order valence-electron chi connectivity index (χ4n) is 1.81. The first kappa shape index (κ1) is 17.4. The van der Waals surface area contributed by atoms with Crippen molar-refractivity contribution in [3.05, 3.63) is 24.3 Å². The first-order valence-electron chi connectivity index (χ1n) is 6.54. The number of nitrogens with two attached hydrogens (primary N) is 1. The molecule has 0 aliphatic carbocycles. The standard InChI is InChI=1S/C15H20N2O5/c1-5-12(19)17-6-7-22-14-11(20-3)8-10(9(2)18)13(16)15(14)21-4/h5,8H,1,6-7,16H2,2-4H3,(H,17,19). The van der Waals surface area contributed by atoms with E-state index in [1.807, 2.05) is 0 Å². The third kappa shape index (κ3) is 3.91. The minimum atomic E-state index is -0.297. The number of carbonyl (C=O) groups is 2. The molecule has 0 atom stereocenters. The minimum absolute atomic E-state index is 0.172. The van der Waals surface area contributed by atoms with Crippen LogP contribution in [-0.2, 0) is 4.79 Å². The summed E-state index contributed by atoms with van der Waals surface area (Å²) in [5.74, 6) is 0.319. The molecule has 1 rings (SSSR count). The summed E-state index contributed by atoms with van der Waals surface area (Å²) in [6.45, 7) is 5.19. The fourth-order valence-corrected chi connectivity index (χ4v) is 1.81. The Morgan fingerprint density at radius 2 is 2.00 bits per heavy atom. The van der Waals surface area contributed by atoms with Gasteiger partial charge in [-0.3, -0.25) is 9.59 Å². The number of methoxy groups -OCH3 is 2. The number of carbonyl (C=O) groups excluding carboxylic acids is 2. The zero-order valence-corrected chi connectivity index (χ0v) is 12.9. The molecular weight excluding hydrogens is 288 g/mol. The van der Waals surface area contributed by atoms with Crippen LogP contribution >= 0.6 is 0 Å². The predicted octanol–water partition coefficient (Wildman–Crippen LogP) is 1.17. The second kappa shape index (κ2) is 7.92. The molecule has 22 heavy (non-hydrogen) atoms. The van der Waals surface area contributed by atoms with Gasteiger partial charge in [0.1, 0.15) is 6.61 Å². The molecule has 0 aliphatic rings. The van der Waals surface area contributed by atoms with E-state index < -0.39 is 0 Å². The van der Waals surface area contributed by atoms with Gasteiger partial charge in [0.15, 0.2) is 17.3 Å². The molecule has 0 fully saturated rings. The van der Waals surface area contributed by atoms with Crippen molar-refractivity contribution in [3.63, 3.8) is 0 Å². The minimum Gasteiger partial charge on any atom is -0.493 e. The van der Waals surface area contributed by atoms with Crippen molar-refractivity contribution < 1.29 is 23.8 Å². The Bertz CT molecular complexity index is 584. The lowest BCUT2D eigenvalue weighted by molar-refractivity contribution is -0.116. The first-order chi connectivity index (χ1) is 10.5. The second-order valence-electron chi connectivity index (χ2n) is 4.30. The first-order valence-corrected chi connectivity index (χ1v) is 6.54. The zero-order valence-electron chi connectivity index (χ0n) is 12.9. The Morgan fingerprint density at radius 1 is 1.32 bits per heavy atom. The highest BCUT2D eigenvalue weighted by Crippen LogP contribution is 2.43. The summed E-state index contributed by atoms with van der Waals surface area (Å²) >= 11 is 0. The van der Waals surface area contributed by atoms with Gasteiger partial charge < -0.3 is 25.3 Å². The molecule has 7 heteroatoms. The van der Waals surface area contributed by atoms with Gasteiger partial charge in [-0.1, -0.05) is 6.58 Å². The summed E-state index contributed by atoms with van der Waals surface area (Å²) in [6, 6.07) is 1.50. The molecule has 0 heterocycles. The summed E-state index contributed by atoms with van der Waals surface area (Å²) in [5, 5.41) is 2.57. The molecule has 0 aliphatic heterocycles. The normalized spacial score (nSPS) is 9.77. The number of ether oxygens (including phenoxy) is 3. The van der Waals surface area contributed by atoms with Gasteiger partial charge in [-0.05, 0) is 19.1 Å². The summed E-state index contributed by atoms with van der Waals surface area (Å²) in [6.07, 6.45) is 1.17. The lowest BCUT2D eigenvalue weighted by Gasteiger charge is -2.18. The Morgan fingerprint density at radius 3 is 2.50 bits per heavy atom. The van der Waals surface area contributed by atoms with Gasteiger partial charge in [-0.25, -0.2) is 0 Å². The number of benzene rings is 1. The van der Waals surface area contributed by atoms with E-state index in [1.165, 1.54) is 33.3 Å². The highest BCUT2D eigenvalue weighted by atomic mass is 16.5. The van der Waals surface area contributed by atoms with Gasteiger partial charge in [-0.15, -0.1) is 0 Å². The van der Waals surface area contributed by atoms with Crippen LogP contribution in [0.1, 0.15) is 17.3 Å². The van der Waals surface area contributed by atoms with Crippen LogP contribution in [0.25, 0.3) is 0 Å². The van der Waals surface area contributed by atoms with Crippen molar-refractivity contribution in [1.29, 1.82) is 0 Å². The molecule has 0 unspecified atom stereocenters. The fraction of sp³-hybridized carbons (Fsp3) is 0.333. The number of anilines is 1. The van der Waals surface area contributed by atoms with E-state index in [4.69, 9.17) is 19.9 Å². The summed E-state index contributed by atoms with van der Waals surface area (Å²) in [7, 11) is 2.86. The number of amides is 1. The van der Waals surface area contributed by atoms with Gasteiger partial charge >= 0.3 is 0 Å². The topological polar surface area (TPSA) is 99.9 Å². The zero-order chi connectivity index (χ0) is 16.7. The molecule has 0 aromatic heterocycles. The molecule has 0 spiro atoms. The molecule has 120 valence electrons. The monoisotopic (exact) mass is 308 g/mol. The molecular formula is C15H20N2O5. The number of hydrogen-bond acceptors (Lipinski definition) is 6. The summed E-state index contributed by atoms with van der Waals surface area (Å²) in [4.78, 5) is 22.6. The van der Waals surface area contributed by atoms with Crippen LogP contribution in [0.15, 0.2) is 18.7 Å². The van der Waals surface area contributed by atoms with Crippen LogP contribution in [0.3, 0.4) is 0 Å². The average Bonchev–Trinajstić information content (AvgIpc) is 2.50. The lowest BCUT2D eigenvalue weighted by atomic mass is 10.1. The van der Waals surface area contributed by atoms with Crippen molar-refractivity contribution in [2.45, 2.75) is 6.92 Å². The average molecular weight is 308 g/mol. The van der Waals surface area contributed by atoms with E-state index >= 15 is 0 Å². The Balaban J connectivity index is 3.02. The van der Waals surface area contributed by atoms with Crippen LogP contribution in [0.4, 0.5) is 5.69 Å². The maximum Gasteiger partial charge on any atom is 0.243 e. The quantitative estimate of drug-likeness (QED) is 0.324. The van der Waals surface area contributed by atoms with E-state index in [9.17, 15) is 9.59 Å². The van der Waals surface area contributed by atoms with Gasteiger partial charge in [-0.2, -0.15) is 0 Å². The molecule has 0 bridgehead atoms. The van der Waals surface area contributed by atoms with Crippen molar-refractivity contribution in [1.82, 2.24) is 5.32 Å². The number of hydrogen-bond donors (Lipinski definition) is 2. The summed E-state index contributed by atoms with van der Waals surface area (Å²) in [5.41, 5.74) is 6.40. The number of rotatable bonds is 8. The molecule has 3 N–H and O–H groups in total. The van der Waals surface area contributed by atoms with E-state index in [-0.39, 0.29) is 42.0 Å². The lowest BCUT2D eigenvalue weighted by Crippen LogP contribution is -2.26. The SMILES string of the molecule is C=CC(=O)NCCOc1c(OC)cc(C(C)=O)c(N)c1OC. The molecule has 1 aromatic carbocycles. The molecule has 7 nitrogen and oxygen atoms in total. The smallest absolute Gasteiger partial charge is 0.243 e. The van der Waals surface area contributed by atoms with Crippen LogP contribution in [0, 0.1) is 0 Å². The number of nitrogens with one attached hydrogen (secondary N) is 1. The van der Waals surface area contributed by atoms with Crippen molar-refractivity contribution in [3.8, 4) is 17.2 Å². The Hall–Kier alpha value is -2.70. The van der Waals surface area contributed by atoms with E-state index in [0.29, 0.717) is 11.3 Å². The number of Topliss-reactive ketones (excluding diaryl/α,β-unsaturated/α-hetero) is 1. The molecule has 1 aromatic rings. The van der Waals surface area contributed by atoms with Crippen LogP contribution in [0.2, 0.25) is 0 Å². The van der Waals surface area contributed by atoms with E-state index in [1.54, 1.807) is 0 Å². The molecule has 0 saturated heterocycles. The Kier molecular flexibility index (Phi) is 6.25. The third-order valence-electron chi connectivity index (χ3n) is 2.88. The third-order valence-corrected chi connectivity index (χ3v) is 2.88. The van der Waals surface area contributed by atoms with E-state index in [2.05, 4.69) is 11.9 Å². The maximum atomic E-state index is 11.6. The number of ketones is 1. The largest absolute Gasteiger partial charge is 0.493 e. The maximum absolute atomic E-state index is 11.6. The van der Waals surface area contributed by atoms with Crippen LogP contribution in [-0.4, -0.2) is 39.1 Å². The highest BCUT2D eigenvalue weighted by molar-refractivity contribution is 6.01. The van der Waals surface area contributed by atoms with Gasteiger partial charge in [0.05, 0.1) is 26.5 Å². The van der Waals surface area contributed by atoms with Crippen molar-refractivity contribution in [2.24, 2.45) is 0 Å². The predicted molar refractivity (Wildman–Crippen MR) is 82.7 cm³/mol. The Labute approximate surface area is 129 Å². The molecule has 1 amide bonds. The highest BCUT2D eigenvalue weighted by Gasteiger charge is 2.21. The number of nitrogen functional groups attached to an aromatic ring is 1. The molecule has 0 saturated carbocycles.